The lowest BCUT2D eigenvalue weighted by molar-refractivity contribution is -0.111. The summed E-state index contributed by atoms with van der Waals surface area (Å²) in [6.07, 6.45) is 2.94. The van der Waals surface area contributed by atoms with Crippen LogP contribution in [0.5, 0.6) is 0 Å². The second-order valence-corrected chi connectivity index (χ2v) is 10.2. The molecule has 0 aliphatic heterocycles. The van der Waals surface area contributed by atoms with Gasteiger partial charge in [0.25, 0.3) is 10.0 Å². The topological polar surface area (TPSA) is 104 Å². The zero-order chi connectivity index (χ0) is 25.8. The van der Waals surface area contributed by atoms with Gasteiger partial charge in [-0.25, -0.2) is 13.4 Å². The van der Waals surface area contributed by atoms with Crippen LogP contribution in [0, 0.1) is 6.92 Å². The molecule has 0 unspecified atom stereocenters. The Morgan fingerprint density at radius 3 is 2.51 bits per heavy atom. The Kier molecular flexibility index (Phi) is 6.57. The maximum atomic E-state index is 12.9. The smallest absolute Gasteiger partial charge is 0.261 e. The van der Waals surface area contributed by atoms with Gasteiger partial charge in [-0.1, -0.05) is 48.5 Å². The lowest BCUT2D eigenvalue weighted by atomic mass is 10.1. The molecule has 5 rings (SSSR count). The summed E-state index contributed by atoms with van der Waals surface area (Å²) in [6.45, 7) is 1.89. The van der Waals surface area contributed by atoms with E-state index in [1.54, 1.807) is 42.5 Å². The zero-order valence-electron chi connectivity index (χ0n) is 20.0. The molecule has 1 aromatic heterocycles. The number of hydrogen-bond donors (Lipinski definition) is 3. The average Bonchev–Trinajstić information content (AvgIpc) is 3.32. The molecule has 3 N–H and O–H groups in total. The largest absolute Gasteiger partial charge is 0.338 e. The number of H-pyrrole nitrogens is 1. The Bertz CT molecular complexity index is 1710. The van der Waals surface area contributed by atoms with Gasteiger partial charge in [-0.2, -0.15) is 0 Å². The fourth-order valence-electron chi connectivity index (χ4n) is 3.93. The number of para-hydroxylation sites is 3. The SMILES string of the molecule is Cc1cccc(NS(=O)(=O)c2cccc(/C=C/C(=O)Nc3ccccc3-c3nc4ccccc4[nH]3)c2)c1. The molecule has 1 heterocycles. The number of carbonyl (C=O) groups is 1. The van der Waals surface area contributed by atoms with Gasteiger partial charge in [-0.05, 0) is 72.7 Å². The first-order valence-electron chi connectivity index (χ1n) is 11.6. The van der Waals surface area contributed by atoms with Gasteiger partial charge in [-0.3, -0.25) is 9.52 Å². The number of anilines is 2. The molecule has 7 nitrogen and oxygen atoms in total. The van der Waals surface area contributed by atoms with Crippen LogP contribution in [-0.4, -0.2) is 24.3 Å². The minimum Gasteiger partial charge on any atom is -0.338 e. The van der Waals surface area contributed by atoms with E-state index in [1.807, 2.05) is 55.5 Å². The van der Waals surface area contributed by atoms with Gasteiger partial charge in [-0.15, -0.1) is 0 Å². The van der Waals surface area contributed by atoms with E-state index in [-0.39, 0.29) is 10.8 Å². The van der Waals surface area contributed by atoms with Crippen LogP contribution in [-0.2, 0) is 14.8 Å². The van der Waals surface area contributed by atoms with E-state index in [9.17, 15) is 13.2 Å². The molecule has 37 heavy (non-hydrogen) atoms. The van der Waals surface area contributed by atoms with E-state index < -0.39 is 10.0 Å². The number of aryl methyl sites for hydroxylation is 1. The molecule has 8 heteroatoms. The molecule has 0 saturated heterocycles. The third kappa shape index (κ3) is 5.60. The molecule has 0 spiro atoms. The molecule has 0 bridgehead atoms. The van der Waals surface area contributed by atoms with E-state index >= 15 is 0 Å². The lowest BCUT2D eigenvalue weighted by Crippen LogP contribution is -2.13. The van der Waals surface area contributed by atoms with Gasteiger partial charge in [0.1, 0.15) is 5.82 Å². The third-order valence-electron chi connectivity index (χ3n) is 5.70. The summed E-state index contributed by atoms with van der Waals surface area (Å²) in [5, 5.41) is 2.89. The molecule has 5 aromatic rings. The first-order chi connectivity index (χ1) is 17.9. The predicted molar refractivity (Wildman–Crippen MR) is 148 cm³/mol. The highest BCUT2D eigenvalue weighted by Crippen LogP contribution is 2.27. The predicted octanol–water partition coefficient (Wildman–Crippen LogP) is 5.99. The van der Waals surface area contributed by atoms with Crippen molar-refractivity contribution in [2.75, 3.05) is 10.0 Å². The number of aromatic nitrogens is 2. The Labute approximate surface area is 215 Å². The number of nitrogens with zero attached hydrogens (tertiary/aromatic N) is 1. The summed E-state index contributed by atoms with van der Waals surface area (Å²) < 4.78 is 28.3. The van der Waals surface area contributed by atoms with Crippen molar-refractivity contribution in [3.05, 3.63) is 114 Å². The quantitative estimate of drug-likeness (QED) is 0.235. The third-order valence-corrected chi connectivity index (χ3v) is 7.07. The number of rotatable bonds is 7. The van der Waals surface area contributed by atoms with Crippen molar-refractivity contribution in [2.24, 2.45) is 0 Å². The number of hydrogen-bond acceptors (Lipinski definition) is 4. The van der Waals surface area contributed by atoms with E-state index in [0.717, 1.165) is 22.2 Å². The molecule has 0 saturated carbocycles. The summed E-state index contributed by atoms with van der Waals surface area (Å²) in [7, 11) is -3.78. The van der Waals surface area contributed by atoms with Gasteiger partial charge in [0.2, 0.25) is 5.91 Å². The van der Waals surface area contributed by atoms with E-state index in [2.05, 4.69) is 20.0 Å². The summed E-state index contributed by atoms with van der Waals surface area (Å²) >= 11 is 0. The summed E-state index contributed by atoms with van der Waals surface area (Å²) in [4.78, 5) is 20.7. The summed E-state index contributed by atoms with van der Waals surface area (Å²) in [6, 6.07) is 28.7. The maximum absolute atomic E-state index is 12.9. The number of fused-ring (bicyclic) bond motifs is 1. The van der Waals surface area contributed by atoms with E-state index in [1.165, 1.54) is 18.2 Å². The highest BCUT2D eigenvalue weighted by Gasteiger charge is 2.15. The number of sulfonamides is 1. The van der Waals surface area contributed by atoms with Gasteiger partial charge >= 0.3 is 0 Å². The van der Waals surface area contributed by atoms with E-state index in [0.29, 0.717) is 22.8 Å². The number of carbonyl (C=O) groups excluding carboxylic acids is 1. The molecule has 0 aliphatic carbocycles. The minimum absolute atomic E-state index is 0.104. The van der Waals surface area contributed by atoms with Gasteiger partial charge in [0, 0.05) is 17.3 Å². The van der Waals surface area contributed by atoms with E-state index in [4.69, 9.17) is 0 Å². The Balaban J connectivity index is 1.32. The van der Waals surface area contributed by atoms with Crippen molar-refractivity contribution >= 4 is 44.4 Å². The second-order valence-electron chi connectivity index (χ2n) is 8.52. The zero-order valence-corrected chi connectivity index (χ0v) is 20.8. The molecule has 0 fully saturated rings. The number of benzene rings is 4. The highest BCUT2D eigenvalue weighted by molar-refractivity contribution is 7.92. The number of imidazole rings is 1. The first kappa shape index (κ1) is 24.0. The van der Waals surface area contributed by atoms with Crippen molar-refractivity contribution < 1.29 is 13.2 Å². The molecule has 1 amide bonds. The second kappa shape index (κ2) is 10.1. The van der Waals surface area contributed by atoms with Crippen LogP contribution in [0.25, 0.3) is 28.5 Å². The molecule has 0 aliphatic rings. The standard InChI is InChI=1S/C29H24N4O3S/c1-20-8-6-10-22(18-20)33-37(35,36)23-11-7-9-21(19-23)16-17-28(34)30-25-13-3-2-12-24(25)29-31-26-14-4-5-15-27(26)32-29/h2-19,33H,1H3,(H,30,34)(H,31,32)/b17-16+. The molecule has 0 atom stereocenters. The fourth-order valence-corrected chi connectivity index (χ4v) is 5.04. The first-order valence-corrected chi connectivity index (χ1v) is 13.1. The number of amides is 1. The Morgan fingerprint density at radius 1 is 0.892 bits per heavy atom. The highest BCUT2D eigenvalue weighted by atomic mass is 32.2. The summed E-state index contributed by atoms with van der Waals surface area (Å²) in [5.41, 5.74) is 5.13. The van der Waals surface area contributed by atoms with Crippen molar-refractivity contribution in [3.63, 3.8) is 0 Å². The molecular weight excluding hydrogens is 484 g/mol. The van der Waals surface area contributed by atoms with Crippen molar-refractivity contribution in [1.82, 2.24) is 9.97 Å². The lowest BCUT2D eigenvalue weighted by Gasteiger charge is -2.09. The van der Waals surface area contributed by atoms with Crippen LogP contribution in [0.15, 0.2) is 108 Å². The van der Waals surface area contributed by atoms with Crippen molar-refractivity contribution in [2.45, 2.75) is 11.8 Å². The fraction of sp³-hybridized carbons (Fsp3) is 0.0345. The molecule has 184 valence electrons. The van der Waals surface area contributed by atoms with Crippen molar-refractivity contribution in [3.8, 4) is 11.4 Å². The van der Waals surface area contributed by atoms with Crippen LogP contribution >= 0.6 is 0 Å². The Hall–Kier alpha value is -4.69. The molecule has 4 aromatic carbocycles. The van der Waals surface area contributed by atoms with Gasteiger partial charge < -0.3 is 10.3 Å². The van der Waals surface area contributed by atoms with Gasteiger partial charge in [0.05, 0.1) is 21.6 Å². The van der Waals surface area contributed by atoms with Crippen LogP contribution in [0.2, 0.25) is 0 Å². The monoisotopic (exact) mass is 508 g/mol. The van der Waals surface area contributed by atoms with Crippen LogP contribution in [0.3, 0.4) is 0 Å². The molecule has 0 radical (unpaired) electrons. The normalized spacial score (nSPS) is 11.6. The average molecular weight is 509 g/mol. The molecular formula is C29H24N4O3S. The summed E-state index contributed by atoms with van der Waals surface area (Å²) in [5.74, 6) is 0.301. The van der Waals surface area contributed by atoms with Crippen molar-refractivity contribution in [1.29, 1.82) is 0 Å². The van der Waals surface area contributed by atoms with Crippen LogP contribution < -0.4 is 10.0 Å². The van der Waals surface area contributed by atoms with Gasteiger partial charge in [0.15, 0.2) is 0 Å². The van der Waals surface area contributed by atoms with Crippen LogP contribution in [0.4, 0.5) is 11.4 Å². The maximum Gasteiger partial charge on any atom is 0.261 e. The minimum atomic E-state index is -3.78. The number of nitrogens with one attached hydrogen (secondary N) is 3. The Morgan fingerprint density at radius 2 is 1.68 bits per heavy atom. The number of aromatic amines is 1. The van der Waals surface area contributed by atoms with Crippen LogP contribution in [0.1, 0.15) is 11.1 Å².